The maximum Gasteiger partial charge on any atom is 0.0919 e. The molecular formula is C7H8N4O. The molecule has 2 heterocycles. The molecule has 5 nitrogen and oxygen atoms in total. The van der Waals surface area contributed by atoms with Gasteiger partial charge in [0, 0.05) is 24.8 Å². The number of rotatable bonds is 1. The van der Waals surface area contributed by atoms with Crippen LogP contribution in [0.4, 0.5) is 0 Å². The Morgan fingerprint density at radius 1 is 1.33 bits per heavy atom. The number of H-pyrrole nitrogens is 1. The van der Waals surface area contributed by atoms with Gasteiger partial charge in [0.05, 0.1) is 11.6 Å². The van der Waals surface area contributed by atoms with Gasteiger partial charge < -0.3 is 4.98 Å². The van der Waals surface area contributed by atoms with Crippen LogP contribution in [0.2, 0.25) is 0 Å². The van der Waals surface area contributed by atoms with Crippen LogP contribution in [0, 0.1) is 4.91 Å². The summed E-state index contributed by atoms with van der Waals surface area (Å²) in [7, 11) is 0. The smallest absolute Gasteiger partial charge is 0.0919 e. The molecule has 0 aliphatic carbocycles. The minimum Gasteiger partial charge on any atom is -0.351 e. The summed E-state index contributed by atoms with van der Waals surface area (Å²) in [5.74, 6) is 0. The largest absolute Gasteiger partial charge is 0.351 e. The maximum absolute atomic E-state index is 9.58. The number of aromatic nitrogens is 3. The molecule has 2 aromatic rings. The second-order valence-corrected chi connectivity index (χ2v) is 1.91. The fraction of sp³-hybridized carbons (Fsp3) is 0. The van der Waals surface area contributed by atoms with Crippen molar-refractivity contribution in [2.75, 3.05) is 0 Å². The van der Waals surface area contributed by atoms with E-state index in [0.717, 1.165) is 0 Å². The monoisotopic (exact) mass is 164 g/mol. The van der Waals surface area contributed by atoms with E-state index < -0.39 is 0 Å². The third kappa shape index (κ3) is 2.78. The van der Waals surface area contributed by atoms with Gasteiger partial charge in [-0.15, -0.1) is 4.91 Å². The molecule has 0 amide bonds. The number of hydrogen-bond acceptors (Lipinski definition) is 3. The van der Waals surface area contributed by atoms with Gasteiger partial charge in [-0.3, -0.25) is 0 Å². The van der Waals surface area contributed by atoms with Gasteiger partial charge in [0.25, 0.3) is 0 Å². The zero-order valence-corrected chi connectivity index (χ0v) is 6.29. The van der Waals surface area contributed by atoms with Crippen molar-refractivity contribution in [1.82, 2.24) is 14.6 Å². The fourth-order valence-corrected chi connectivity index (χ4v) is 0.595. The number of nitrogens with one attached hydrogen (secondary N) is 1. The van der Waals surface area contributed by atoms with Gasteiger partial charge in [0.2, 0.25) is 0 Å². The first-order valence-electron chi connectivity index (χ1n) is 3.33. The Hall–Kier alpha value is -1.91. The summed E-state index contributed by atoms with van der Waals surface area (Å²) in [4.78, 5) is 16.0. The Kier molecular flexibility index (Phi) is 3.30. The first kappa shape index (κ1) is 8.19. The van der Waals surface area contributed by atoms with E-state index in [2.05, 4.69) is 15.3 Å². The summed E-state index contributed by atoms with van der Waals surface area (Å²) in [6.07, 6.45) is 8.24. The minimum absolute atomic E-state index is 1.19. The molecule has 0 aliphatic heterocycles. The molecule has 0 aromatic carbocycles. The molecule has 1 N–H and O–H groups in total. The van der Waals surface area contributed by atoms with Gasteiger partial charge in [0.15, 0.2) is 0 Å². The van der Waals surface area contributed by atoms with E-state index in [1.807, 2.05) is 0 Å². The highest BCUT2D eigenvalue weighted by atomic mass is 16.3. The predicted octanol–water partition coefficient (Wildman–Crippen LogP) is 1.43. The van der Waals surface area contributed by atoms with Crippen LogP contribution in [0.5, 0.6) is 0 Å². The average Bonchev–Trinajstić information content (AvgIpc) is 2.81. The van der Waals surface area contributed by atoms with Crippen LogP contribution in [-0.4, -0.2) is 14.6 Å². The first-order chi connectivity index (χ1) is 5.93. The zero-order chi connectivity index (χ0) is 8.65. The van der Waals surface area contributed by atoms with Gasteiger partial charge in [-0.2, -0.15) is 0 Å². The molecular weight excluding hydrogens is 156 g/mol. The lowest BCUT2D eigenvalue weighted by Crippen LogP contribution is -1.74. The van der Waals surface area contributed by atoms with Crippen LogP contribution in [0.1, 0.15) is 0 Å². The molecule has 0 unspecified atom stereocenters. The molecule has 62 valence electrons. The molecule has 5 heteroatoms. The zero-order valence-electron chi connectivity index (χ0n) is 6.29. The van der Waals surface area contributed by atoms with Crippen molar-refractivity contribution in [3.8, 4) is 0 Å². The van der Waals surface area contributed by atoms with Crippen LogP contribution < -0.4 is 0 Å². The summed E-state index contributed by atoms with van der Waals surface area (Å²) in [5.41, 5.74) is 0. The molecule has 2 rings (SSSR count). The topological polar surface area (TPSA) is 63.0 Å². The van der Waals surface area contributed by atoms with E-state index in [-0.39, 0.29) is 0 Å². The van der Waals surface area contributed by atoms with Crippen molar-refractivity contribution in [2.24, 2.45) is 5.29 Å². The third-order valence-corrected chi connectivity index (χ3v) is 1.09. The molecule has 0 fully saturated rings. The van der Waals surface area contributed by atoms with Crippen LogP contribution in [0.25, 0.3) is 0 Å². The molecule has 0 radical (unpaired) electrons. The second kappa shape index (κ2) is 4.84. The lowest BCUT2D eigenvalue weighted by atomic mass is 10.7. The average molecular weight is 164 g/mol. The lowest BCUT2D eigenvalue weighted by Gasteiger charge is -1.75. The Balaban J connectivity index is 0.000000127. The SMILES string of the molecule is O=Nn1cccc1.c1c[nH]cn1. The lowest BCUT2D eigenvalue weighted by molar-refractivity contribution is 0.876. The molecule has 0 saturated carbocycles. The van der Waals surface area contributed by atoms with E-state index in [4.69, 9.17) is 0 Å². The van der Waals surface area contributed by atoms with Crippen molar-refractivity contribution in [3.05, 3.63) is 48.2 Å². The van der Waals surface area contributed by atoms with Gasteiger partial charge in [-0.05, 0) is 12.1 Å². The summed E-state index contributed by atoms with van der Waals surface area (Å²) in [6.45, 7) is 0. The highest BCUT2D eigenvalue weighted by molar-refractivity contribution is 4.89. The van der Waals surface area contributed by atoms with E-state index >= 15 is 0 Å². The summed E-state index contributed by atoms with van der Waals surface area (Å²) < 4.78 is 1.19. The van der Waals surface area contributed by atoms with Crippen LogP contribution in [0.3, 0.4) is 0 Å². The fourth-order valence-electron chi connectivity index (χ4n) is 0.595. The van der Waals surface area contributed by atoms with Gasteiger partial charge in [-0.25, -0.2) is 9.66 Å². The Morgan fingerprint density at radius 3 is 2.33 bits per heavy atom. The van der Waals surface area contributed by atoms with E-state index in [1.165, 1.54) is 4.68 Å². The van der Waals surface area contributed by atoms with Crippen molar-refractivity contribution >= 4 is 0 Å². The molecule has 0 atom stereocenters. The van der Waals surface area contributed by atoms with Gasteiger partial charge in [-0.1, -0.05) is 0 Å². The quantitative estimate of drug-likeness (QED) is 0.648. The summed E-state index contributed by atoms with van der Waals surface area (Å²) >= 11 is 0. The van der Waals surface area contributed by atoms with Crippen molar-refractivity contribution in [3.63, 3.8) is 0 Å². The number of aromatic amines is 1. The number of hydrogen-bond donors (Lipinski definition) is 1. The minimum atomic E-state index is 1.19. The molecule has 0 aliphatic rings. The molecule has 0 spiro atoms. The van der Waals surface area contributed by atoms with E-state index in [1.54, 1.807) is 43.2 Å². The Morgan fingerprint density at radius 2 is 2.08 bits per heavy atom. The van der Waals surface area contributed by atoms with Crippen molar-refractivity contribution in [2.45, 2.75) is 0 Å². The van der Waals surface area contributed by atoms with Crippen molar-refractivity contribution in [1.29, 1.82) is 0 Å². The van der Waals surface area contributed by atoms with Gasteiger partial charge >= 0.3 is 0 Å². The number of nitrogens with zero attached hydrogens (tertiary/aromatic N) is 3. The second-order valence-electron chi connectivity index (χ2n) is 1.91. The summed E-state index contributed by atoms with van der Waals surface area (Å²) in [5, 5.41) is 2.60. The predicted molar refractivity (Wildman–Crippen MR) is 44.2 cm³/mol. The molecule has 0 saturated heterocycles. The first-order valence-corrected chi connectivity index (χ1v) is 3.33. The van der Waals surface area contributed by atoms with Crippen LogP contribution in [-0.2, 0) is 0 Å². The standard InChI is InChI=1S/C4H4N2O.C3H4N2/c7-5-6-3-1-2-4-6;1-2-5-3-4-1/h1-4H;1-3H,(H,4,5). The maximum atomic E-state index is 9.58. The van der Waals surface area contributed by atoms with E-state index in [0.29, 0.717) is 0 Å². The van der Waals surface area contributed by atoms with Crippen molar-refractivity contribution < 1.29 is 0 Å². The number of nitroso groups, excluding NO2 is 1. The highest BCUT2D eigenvalue weighted by Gasteiger charge is 1.76. The van der Waals surface area contributed by atoms with Crippen LogP contribution in [0.15, 0.2) is 48.5 Å². The Labute approximate surface area is 69.0 Å². The molecule has 0 bridgehead atoms. The summed E-state index contributed by atoms with van der Waals surface area (Å²) in [6, 6.07) is 3.48. The normalized spacial score (nSPS) is 8.33. The highest BCUT2D eigenvalue weighted by Crippen LogP contribution is 1.85. The van der Waals surface area contributed by atoms with E-state index in [9.17, 15) is 4.91 Å². The Bertz CT molecular complexity index is 270. The molecule has 2 aromatic heterocycles. The van der Waals surface area contributed by atoms with Crippen LogP contribution >= 0.6 is 0 Å². The molecule has 12 heavy (non-hydrogen) atoms. The third-order valence-electron chi connectivity index (χ3n) is 1.09. The number of imidazole rings is 1. The van der Waals surface area contributed by atoms with Gasteiger partial charge in [0.1, 0.15) is 0 Å².